The van der Waals surface area contributed by atoms with Crippen molar-refractivity contribution in [2.75, 3.05) is 13.2 Å². The third kappa shape index (κ3) is 10.5. The minimum Gasteiger partial charge on any atom is -1.00 e. The van der Waals surface area contributed by atoms with Crippen molar-refractivity contribution >= 4 is 15.9 Å². The van der Waals surface area contributed by atoms with Crippen LogP contribution in [-0.4, -0.2) is 29.1 Å². The summed E-state index contributed by atoms with van der Waals surface area (Å²) in [5.41, 5.74) is 0. The van der Waals surface area contributed by atoms with E-state index in [0.29, 0.717) is 11.8 Å². The van der Waals surface area contributed by atoms with Gasteiger partial charge in [0, 0.05) is 0 Å². The van der Waals surface area contributed by atoms with Gasteiger partial charge in [-0.25, -0.2) is 0 Å². The Hall–Kier alpha value is 0.452. The predicted octanol–water partition coefficient (Wildman–Crippen LogP) is 1.98. The summed E-state index contributed by atoms with van der Waals surface area (Å²) in [6.45, 7) is 10.2. The first kappa shape index (κ1) is 11.5. The van der Waals surface area contributed by atoms with Gasteiger partial charge in [-0.3, -0.25) is 0 Å². The van der Waals surface area contributed by atoms with Crippen LogP contribution in [0.25, 0.3) is 0 Å². The van der Waals surface area contributed by atoms with Crippen LogP contribution in [0.4, 0.5) is 0 Å². The molecule has 0 rings (SSSR count). The van der Waals surface area contributed by atoms with Crippen LogP contribution < -0.4 is 0 Å². The van der Waals surface area contributed by atoms with E-state index in [9.17, 15) is 0 Å². The molecule has 0 aliphatic heterocycles. The fourth-order valence-electron chi connectivity index (χ4n) is 0.512. The van der Waals surface area contributed by atoms with Gasteiger partial charge >= 0.3 is 76.2 Å². The molecule has 0 aromatic carbocycles. The molecular weight excluding hydrogens is 155 g/mol. The molecule has 66 valence electrons. The van der Waals surface area contributed by atoms with Crippen molar-refractivity contribution in [3.8, 4) is 0 Å². The summed E-state index contributed by atoms with van der Waals surface area (Å²) in [5.74, 6) is 1.23. The predicted molar refractivity (Wildman–Crippen MR) is 48.4 cm³/mol. The minimum absolute atomic E-state index is 0. The Bertz CT molecular complexity index is 79.1. The van der Waals surface area contributed by atoms with Crippen LogP contribution in [-0.2, 0) is 7.58 Å². The average Bonchev–Trinajstić information content (AvgIpc) is 1.85. The minimum atomic E-state index is -0.228. The maximum Gasteiger partial charge on any atom is -1.00 e. The molecule has 0 N–H and O–H groups in total. The van der Waals surface area contributed by atoms with E-state index in [-0.39, 0.29) is 17.3 Å². The van der Waals surface area contributed by atoms with Crippen LogP contribution in [0.15, 0.2) is 0 Å². The van der Waals surface area contributed by atoms with Crippen LogP contribution in [0.5, 0.6) is 0 Å². The molecular formula is C8H19AlO2. The van der Waals surface area contributed by atoms with Gasteiger partial charge in [0.2, 0.25) is 0 Å². The van der Waals surface area contributed by atoms with Crippen molar-refractivity contribution < 1.29 is 9.00 Å². The summed E-state index contributed by atoms with van der Waals surface area (Å²) in [6, 6.07) is 0. The molecule has 0 spiro atoms. The van der Waals surface area contributed by atoms with Gasteiger partial charge in [0.25, 0.3) is 0 Å². The van der Waals surface area contributed by atoms with E-state index in [2.05, 4.69) is 27.7 Å². The first-order valence-corrected chi connectivity index (χ1v) is 5.12. The zero-order valence-electron chi connectivity index (χ0n) is 8.96. The maximum atomic E-state index is 5.31. The smallest absolute Gasteiger partial charge is 1.00 e. The Morgan fingerprint density at radius 2 is 1.36 bits per heavy atom. The Labute approximate surface area is 78.1 Å². The van der Waals surface area contributed by atoms with Crippen LogP contribution in [0.2, 0.25) is 0 Å². The number of hydrogen-bond donors (Lipinski definition) is 0. The second kappa shape index (κ2) is 7.12. The van der Waals surface area contributed by atoms with Gasteiger partial charge in [0.15, 0.2) is 0 Å². The molecule has 0 aromatic rings. The molecule has 0 radical (unpaired) electrons. The molecule has 0 aliphatic carbocycles. The summed E-state index contributed by atoms with van der Waals surface area (Å²) in [6.07, 6.45) is 0. The van der Waals surface area contributed by atoms with Crippen molar-refractivity contribution in [3.05, 3.63) is 0 Å². The van der Waals surface area contributed by atoms with Crippen molar-refractivity contribution in [1.29, 1.82) is 0 Å². The van der Waals surface area contributed by atoms with Gasteiger partial charge in [-0.2, -0.15) is 0 Å². The molecule has 0 heterocycles. The second-order valence-corrected chi connectivity index (χ2v) is 4.41. The largest absolute Gasteiger partial charge is 1.00 e. The van der Waals surface area contributed by atoms with E-state index in [4.69, 9.17) is 7.58 Å². The quantitative estimate of drug-likeness (QED) is 0.453. The summed E-state index contributed by atoms with van der Waals surface area (Å²) < 4.78 is 10.6. The molecule has 0 amide bonds. The second-order valence-electron chi connectivity index (χ2n) is 3.55. The summed E-state index contributed by atoms with van der Waals surface area (Å²) in [7, 11) is 0. The van der Waals surface area contributed by atoms with Gasteiger partial charge in [0.1, 0.15) is 0 Å². The first-order valence-electron chi connectivity index (χ1n) is 4.17. The molecule has 0 bridgehead atoms. The van der Waals surface area contributed by atoms with E-state index in [1.54, 1.807) is 0 Å². The third-order valence-electron chi connectivity index (χ3n) is 0.995. The van der Waals surface area contributed by atoms with Crippen LogP contribution in [0, 0.1) is 11.8 Å². The van der Waals surface area contributed by atoms with Crippen molar-refractivity contribution in [2.45, 2.75) is 27.7 Å². The van der Waals surface area contributed by atoms with E-state index < -0.39 is 0 Å². The molecule has 0 saturated carbocycles. The first-order chi connectivity index (χ1) is 5.13. The van der Waals surface area contributed by atoms with Gasteiger partial charge in [-0.1, -0.05) is 0 Å². The van der Waals surface area contributed by atoms with E-state index >= 15 is 0 Å². The fourth-order valence-corrected chi connectivity index (χ4v) is 1.53. The van der Waals surface area contributed by atoms with Gasteiger partial charge < -0.3 is 1.43 Å². The van der Waals surface area contributed by atoms with Crippen molar-refractivity contribution in [1.82, 2.24) is 0 Å². The van der Waals surface area contributed by atoms with E-state index in [0.717, 1.165) is 13.2 Å². The molecule has 0 fully saturated rings. The Kier molecular flexibility index (Phi) is 7.41. The number of hydrogen-bond acceptors (Lipinski definition) is 2. The molecule has 0 atom stereocenters. The SMILES string of the molecule is CC(C)C[O][Al+][O]CC(C)C.[H-]. The molecule has 0 saturated heterocycles. The topological polar surface area (TPSA) is 18.5 Å². The van der Waals surface area contributed by atoms with E-state index in [1.165, 1.54) is 0 Å². The molecule has 3 heteroatoms. The molecule has 0 aromatic heterocycles. The van der Waals surface area contributed by atoms with Crippen molar-refractivity contribution in [3.63, 3.8) is 0 Å². The number of rotatable bonds is 6. The molecule has 0 aliphatic rings. The molecule has 2 nitrogen and oxygen atoms in total. The molecule has 0 unspecified atom stereocenters. The normalized spacial score (nSPS) is 10.7. The van der Waals surface area contributed by atoms with Gasteiger partial charge in [-0.15, -0.1) is 0 Å². The average molecular weight is 174 g/mol. The Morgan fingerprint density at radius 3 is 1.64 bits per heavy atom. The molecule has 11 heavy (non-hydrogen) atoms. The summed E-state index contributed by atoms with van der Waals surface area (Å²) >= 11 is -0.228. The van der Waals surface area contributed by atoms with Crippen molar-refractivity contribution in [2.24, 2.45) is 11.8 Å². The maximum absolute atomic E-state index is 5.31. The van der Waals surface area contributed by atoms with Gasteiger partial charge in [0.05, 0.1) is 0 Å². The third-order valence-corrected chi connectivity index (χ3v) is 1.65. The van der Waals surface area contributed by atoms with Crippen LogP contribution >= 0.6 is 0 Å². The Balaban J connectivity index is 0. The Morgan fingerprint density at radius 1 is 1.00 bits per heavy atom. The monoisotopic (exact) mass is 174 g/mol. The fraction of sp³-hybridized carbons (Fsp3) is 1.00. The zero-order chi connectivity index (χ0) is 8.69. The van der Waals surface area contributed by atoms with Gasteiger partial charge in [-0.05, 0) is 0 Å². The van der Waals surface area contributed by atoms with E-state index in [1.807, 2.05) is 0 Å². The van der Waals surface area contributed by atoms with Crippen LogP contribution in [0.1, 0.15) is 29.1 Å². The van der Waals surface area contributed by atoms with Crippen LogP contribution in [0.3, 0.4) is 0 Å². The summed E-state index contributed by atoms with van der Waals surface area (Å²) in [4.78, 5) is 0. The standard InChI is InChI=1S/2C4H9O.Al.H/c2*1-4(2)3-5;;/h2*4H,3H2,1-2H3;;/q2*-1;+3;-1. The summed E-state index contributed by atoms with van der Waals surface area (Å²) in [5, 5.41) is 0. The zero-order valence-corrected chi connectivity index (χ0v) is 9.12.